The maximum Gasteiger partial charge on any atom is 0.236 e. The molecule has 0 radical (unpaired) electrons. The number of hydrogen-bond donors (Lipinski definition) is 1. The molecule has 4 heteroatoms. The SMILES string of the molecule is CC(C)Sc1ccc(CN(C)C(=O)CN)cc1. The molecule has 1 amide bonds. The van der Waals surface area contributed by atoms with Crippen LogP contribution in [0.25, 0.3) is 0 Å². The fourth-order valence-corrected chi connectivity index (χ4v) is 2.30. The molecule has 0 aliphatic heterocycles. The molecule has 3 nitrogen and oxygen atoms in total. The Labute approximate surface area is 107 Å². The minimum absolute atomic E-state index is 0.0365. The summed E-state index contributed by atoms with van der Waals surface area (Å²) in [7, 11) is 1.77. The van der Waals surface area contributed by atoms with E-state index < -0.39 is 0 Å². The van der Waals surface area contributed by atoms with Crippen LogP contribution in [0.2, 0.25) is 0 Å². The van der Waals surface area contributed by atoms with Crippen molar-refractivity contribution in [3.8, 4) is 0 Å². The molecule has 1 aromatic rings. The number of nitrogens with two attached hydrogens (primary N) is 1. The Morgan fingerprint density at radius 2 is 1.94 bits per heavy atom. The predicted octanol–water partition coefficient (Wildman–Crippen LogP) is 2.10. The van der Waals surface area contributed by atoms with Crippen molar-refractivity contribution in [3.05, 3.63) is 29.8 Å². The maximum atomic E-state index is 11.3. The van der Waals surface area contributed by atoms with Crippen LogP contribution in [0.1, 0.15) is 19.4 Å². The number of nitrogens with zero attached hydrogens (tertiary/aromatic N) is 1. The summed E-state index contributed by atoms with van der Waals surface area (Å²) in [6.45, 7) is 5.03. The summed E-state index contributed by atoms with van der Waals surface area (Å²) >= 11 is 1.84. The van der Waals surface area contributed by atoms with Gasteiger partial charge in [-0.1, -0.05) is 26.0 Å². The lowest BCUT2D eigenvalue weighted by Gasteiger charge is -2.16. The molecule has 1 aromatic carbocycles. The van der Waals surface area contributed by atoms with E-state index in [1.54, 1.807) is 11.9 Å². The standard InChI is InChI=1S/C13H20N2OS/c1-10(2)17-12-6-4-11(5-7-12)9-15(3)13(16)8-14/h4-7,10H,8-9,14H2,1-3H3. The Balaban J connectivity index is 2.59. The molecule has 0 aromatic heterocycles. The number of carbonyl (C=O) groups excluding carboxylic acids is 1. The van der Waals surface area contributed by atoms with Gasteiger partial charge in [-0.15, -0.1) is 11.8 Å². The summed E-state index contributed by atoms with van der Waals surface area (Å²) in [5.74, 6) is -0.0365. The highest BCUT2D eigenvalue weighted by atomic mass is 32.2. The third kappa shape index (κ3) is 4.79. The molecule has 0 fully saturated rings. The molecule has 17 heavy (non-hydrogen) atoms. The van der Waals surface area contributed by atoms with Gasteiger partial charge < -0.3 is 10.6 Å². The monoisotopic (exact) mass is 252 g/mol. The quantitative estimate of drug-likeness (QED) is 0.816. The van der Waals surface area contributed by atoms with Crippen molar-refractivity contribution in [3.63, 3.8) is 0 Å². The molecule has 0 atom stereocenters. The molecule has 94 valence electrons. The normalized spacial score (nSPS) is 10.6. The highest BCUT2D eigenvalue weighted by Gasteiger charge is 2.06. The number of carbonyl (C=O) groups is 1. The number of amides is 1. The minimum atomic E-state index is -0.0365. The van der Waals surface area contributed by atoms with E-state index in [1.807, 2.05) is 11.8 Å². The fraction of sp³-hybridized carbons (Fsp3) is 0.462. The Kier molecular flexibility index (Phi) is 5.51. The smallest absolute Gasteiger partial charge is 0.236 e. The minimum Gasteiger partial charge on any atom is -0.340 e. The zero-order chi connectivity index (χ0) is 12.8. The first-order valence-corrected chi connectivity index (χ1v) is 6.60. The largest absolute Gasteiger partial charge is 0.340 e. The highest BCUT2D eigenvalue weighted by Crippen LogP contribution is 2.23. The van der Waals surface area contributed by atoms with Crippen molar-refractivity contribution in [1.82, 2.24) is 4.90 Å². The van der Waals surface area contributed by atoms with Crippen LogP contribution in [0.5, 0.6) is 0 Å². The zero-order valence-corrected chi connectivity index (χ0v) is 11.5. The molecular formula is C13H20N2OS. The number of thioether (sulfide) groups is 1. The molecule has 0 aliphatic rings. The maximum absolute atomic E-state index is 11.3. The summed E-state index contributed by atoms with van der Waals surface area (Å²) in [5, 5.41) is 0.586. The number of likely N-dealkylation sites (N-methyl/N-ethyl adjacent to an activating group) is 1. The van der Waals surface area contributed by atoms with Gasteiger partial charge in [-0.05, 0) is 17.7 Å². The Bertz CT molecular complexity index is 362. The topological polar surface area (TPSA) is 46.3 Å². The second-order valence-corrected chi connectivity index (χ2v) is 5.91. The van der Waals surface area contributed by atoms with Crippen molar-refractivity contribution in [2.75, 3.05) is 13.6 Å². The van der Waals surface area contributed by atoms with E-state index in [9.17, 15) is 4.79 Å². The first-order valence-electron chi connectivity index (χ1n) is 5.72. The Morgan fingerprint density at radius 1 is 1.35 bits per heavy atom. The van der Waals surface area contributed by atoms with E-state index in [0.29, 0.717) is 11.8 Å². The number of hydrogen-bond acceptors (Lipinski definition) is 3. The second-order valence-electron chi connectivity index (χ2n) is 4.26. The van der Waals surface area contributed by atoms with Crippen molar-refractivity contribution in [2.24, 2.45) is 5.73 Å². The summed E-state index contributed by atoms with van der Waals surface area (Å²) in [5.41, 5.74) is 6.44. The van der Waals surface area contributed by atoms with Gasteiger partial charge in [0.1, 0.15) is 0 Å². The van der Waals surface area contributed by atoms with E-state index in [-0.39, 0.29) is 12.5 Å². The highest BCUT2D eigenvalue weighted by molar-refractivity contribution is 7.99. The van der Waals surface area contributed by atoms with Gasteiger partial charge in [-0.2, -0.15) is 0 Å². The molecular weight excluding hydrogens is 232 g/mol. The van der Waals surface area contributed by atoms with Gasteiger partial charge in [0.05, 0.1) is 6.54 Å². The summed E-state index contributed by atoms with van der Waals surface area (Å²) in [6.07, 6.45) is 0. The summed E-state index contributed by atoms with van der Waals surface area (Å²) in [4.78, 5) is 14.2. The van der Waals surface area contributed by atoms with E-state index in [1.165, 1.54) is 4.90 Å². The number of rotatable bonds is 5. The van der Waals surface area contributed by atoms with Crippen LogP contribution in [0.15, 0.2) is 29.2 Å². The van der Waals surface area contributed by atoms with E-state index in [2.05, 4.69) is 38.1 Å². The van der Waals surface area contributed by atoms with Gasteiger partial charge in [-0.25, -0.2) is 0 Å². The molecule has 0 saturated carbocycles. The van der Waals surface area contributed by atoms with Crippen molar-refractivity contribution in [2.45, 2.75) is 30.5 Å². The van der Waals surface area contributed by atoms with Gasteiger partial charge >= 0.3 is 0 Å². The van der Waals surface area contributed by atoms with Gasteiger partial charge in [-0.3, -0.25) is 4.79 Å². The van der Waals surface area contributed by atoms with Gasteiger partial charge in [0.15, 0.2) is 0 Å². The third-order valence-corrected chi connectivity index (χ3v) is 3.33. The first kappa shape index (κ1) is 14.1. The van der Waals surface area contributed by atoms with Crippen molar-refractivity contribution >= 4 is 17.7 Å². The van der Waals surface area contributed by atoms with E-state index in [0.717, 1.165) is 5.56 Å². The molecule has 0 bridgehead atoms. The molecule has 1 rings (SSSR count). The van der Waals surface area contributed by atoms with Gasteiger partial charge in [0, 0.05) is 23.7 Å². The van der Waals surface area contributed by atoms with Crippen LogP contribution in [-0.2, 0) is 11.3 Å². The van der Waals surface area contributed by atoms with Crippen LogP contribution in [-0.4, -0.2) is 29.6 Å². The molecule has 0 aliphatic carbocycles. The average Bonchev–Trinajstić information content (AvgIpc) is 2.30. The summed E-state index contributed by atoms with van der Waals surface area (Å²) < 4.78 is 0. The van der Waals surface area contributed by atoms with Crippen LogP contribution in [0.3, 0.4) is 0 Å². The van der Waals surface area contributed by atoms with Crippen molar-refractivity contribution in [1.29, 1.82) is 0 Å². The van der Waals surface area contributed by atoms with Crippen LogP contribution >= 0.6 is 11.8 Å². The average molecular weight is 252 g/mol. The van der Waals surface area contributed by atoms with E-state index in [4.69, 9.17) is 5.73 Å². The predicted molar refractivity (Wildman–Crippen MR) is 73.0 cm³/mol. The van der Waals surface area contributed by atoms with E-state index >= 15 is 0 Å². The van der Waals surface area contributed by atoms with Gasteiger partial charge in [0.2, 0.25) is 5.91 Å². The van der Waals surface area contributed by atoms with Gasteiger partial charge in [0.25, 0.3) is 0 Å². The van der Waals surface area contributed by atoms with Crippen LogP contribution in [0, 0.1) is 0 Å². The third-order valence-electron chi connectivity index (χ3n) is 2.32. The zero-order valence-electron chi connectivity index (χ0n) is 10.6. The Hall–Kier alpha value is -1.00. The van der Waals surface area contributed by atoms with Crippen LogP contribution < -0.4 is 5.73 Å². The second kappa shape index (κ2) is 6.67. The fourth-order valence-electron chi connectivity index (χ4n) is 1.46. The summed E-state index contributed by atoms with van der Waals surface area (Å²) in [6, 6.07) is 8.32. The van der Waals surface area contributed by atoms with Crippen molar-refractivity contribution < 1.29 is 4.79 Å². The molecule has 0 heterocycles. The first-order chi connectivity index (χ1) is 8.02. The lowest BCUT2D eigenvalue weighted by atomic mass is 10.2. The Morgan fingerprint density at radius 3 is 2.41 bits per heavy atom. The molecule has 0 spiro atoms. The molecule has 0 unspecified atom stereocenters. The molecule has 0 saturated heterocycles. The lowest BCUT2D eigenvalue weighted by molar-refractivity contribution is -0.128. The number of benzene rings is 1. The molecule has 2 N–H and O–H groups in total. The lowest BCUT2D eigenvalue weighted by Crippen LogP contribution is -2.32. The van der Waals surface area contributed by atoms with Crippen LogP contribution in [0.4, 0.5) is 0 Å².